The van der Waals surface area contributed by atoms with Gasteiger partial charge in [0.25, 0.3) is 0 Å². The molecule has 0 aliphatic carbocycles. The molecule has 0 atom stereocenters. The summed E-state index contributed by atoms with van der Waals surface area (Å²) in [4.78, 5) is 0. The van der Waals surface area contributed by atoms with Gasteiger partial charge < -0.3 is 0 Å². The molecule has 0 aliphatic rings. The van der Waals surface area contributed by atoms with Crippen molar-refractivity contribution < 1.29 is 4.39 Å². The van der Waals surface area contributed by atoms with Gasteiger partial charge in [0.15, 0.2) is 0 Å². The van der Waals surface area contributed by atoms with Crippen molar-refractivity contribution in [2.45, 2.75) is 0 Å². The van der Waals surface area contributed by atoms with E-state index >= 15 is 0 Å². The lowest BCUT2D eigenvalue weighted by atomic mass is 10.9. The molecule has 0 nitrogen and oxygen atoms in total. The van der Waals surface area contributed by atoms with Crippen LogP contribution in [0.5, 0.6) is 0 Å². The molecule has 0 aliphatic heterocycles. The van der Waals surface area contributed by atoms with Crippen LogP contribution in [0.15, 0.2) is 0 Å². The lowest BCUT2D eigenvalue weighted by molar-refractivity contribution is 0.531. The van der Waals surface area contributed by atoms with E-state index < -0.39 is 0 Å². The van der Waals surface area contributed by atoms with Crippen molar-refractivity contribution in [1.29, 1.82) is 0 Å². The van der Waals surface area contributed by atoms with E-state index in [0.29, 0.717) is 0 Å². The molecule has 0 unspecified atom stereocenters. The zero-order chi connectivity index (χ0) is 4.99. The molecular formula is C4H10FP. The summed E-state index contributed by atoms with van der Waals surface area (Å²) in [5.74, 6) is 0. The highest BCUT2D eigenvalue weighted by Gasteiger charge is 1.86. The Morgan fingerprint density at radius 1 is 1.50 bits per heavy atom. The minimum Gasteiger partial charge on any atom is -0.251 e. The van der Waals surface area contributed by atoms with Crippen LogP contribution in [0.3, 0.4) is 0 Å². The Bertz CT molecular complexity index is 28.7. The molecule has 0 spiro atoms. The Morgan fingerprint density at radius 3 is 2.00 bits per heavy atom. The molecule has 0 aromatic rings. The summed E-state index contributed by atoms with van der Waals surface area (Å²) in [6.07, 6.45) is 0.773. The third-order valence-corrected chi connectivity index (χ3v) is 1.60. The SMILES string of the molecule is CP(C)CCF. The fourth-order valence-electron chi connectivity index (χ4n) is 0.169. The molecule has 38 valence electrons. The van der Waals surface area contributed by atoms with Crippen molar-refractivity contribution in [1.82, 2.24) is 0 Å². The third kappa shape index (κ3) is 4.36. The van der Waals surface area contributed by atoms with Crippen LogP contribution in [-0.2, 0) is 0 Å². The van der Waals surface area contributed by atoms with Crippen molar-refractivity contribution in [3.8, 4) is 0 Å². The Hall–Kier alpha value is 0.360. The molecule has 0 radical (unpaired) electrons. The van der Waals surface area contributed by atoms with E-state index in [1.165, 1.54) is 0 Å². The molecule has 0 saturated heterocycles. The smallest absolute Gasteiger partial charge is 0.0933 e. The predicted octanol–water partition coefficient (Wildman–Crippen LogP) is 1.70. The van der Waals surface area contributed by atoms with Crippen LogP contribution >= 0.6 is 7.92 Å². The minimum absolute atomic E-state index is 0.0244. The second kappa shape index (κ2) is 3.55. The van der Waals surface area contributed by atoms with Gasteiger partial charge in [0.1, 0.15) is 0 Å². The Kier molecular flexibility index (Phi) is 3.76. The quantitative estimate of drug-likeness (QED) is 0.472. The second-order valence-corrected chi connectivity index (χ2v) is 4.10. The van der Waals surface area contributed by atoms with Gasteiger partial charge in [-0.25, -0.2) is 0 Å². The van der Waals surface area contributed by atoms with Gasteiger partial charge in [-0.15, -0.1) is 7.92 Å². The van der Waals surface area contributed by atoms with Crippen molar-refractivity contribution in [3.05, 3.63) is 0 Å². The van der Waals surface area contributed by atoms with Gasteiger partial charge in [0, 0.05) is 0 Å². The third-order valence-electron chi connectivity index (χ3n) is 0.532. The first kappa shape index (κ1) is 6.36. The van der Waals surface area contributed by atoms with Gasteiger partial charge in [0.2, 0.25) is 0 Å². The van der Waals surface area contributed by atoms with E-state index in [-0.39, 0.29) is 14.6 Å². The summed E-state index contributed by atoms with van der Waals surface area (Å²) in [6.45, 7) is 4.02. The minimum atomic E-state index is -0.140. The average Bonchev–Trinajstić information content (AvgIpc) is 1.35. The van der Waals surface area contributed by atoms with Crippen LogP contribution in [0.25, 0.3) is 0 Å². The largest absolute Gasteiger partial charge is 0.251 e. The summed E-state index contributed by atoms with van der Waals surface area (Å²) >= 11 is 0. The van der Waals surface area contributed by atoms with Crippen LogP contribution in [0.2, 0.25) is 0 Å². The van der Waals surface area contributed by atoms with E-state index in [1.54, 1.807) is 0 Å². The Balaban J connectivity index is 2.63. The predicted molar refractivity (Wildman–Crippen MR) is 29.6 cm³/mol. The first-order valence-electron chi connectivity index (χ1n) is 1.98. The van der Waals surface area contributed by atoms with Crippen LogP contribution in [0, 0.1) is 0 Å². The molecule has 0 aromatic carbocycles. The molecular weight excluding hydrogens is 98.0 g/mol. The van der Waals surface area contributed by atoms with Gasteiger partial charge in [-0.3, -0.25) is 4.39 Å². The number of alkyl halides is 1. The summed E-state index contributed by atoms with van der Waals surface area (Å²) < 4.78 is 11.3. The van der Waals surface area contributed by atoms with Gasteiger partial charge in [-0.2, -0.15) is 0 Å². The van der Waals surface area contributed by atoms with Crippen LogP contribution < -0.4 is 0 Å². The van der Waals surface area contributed by atoms with Crippen LogP contribution in [0.4, 0.5) is 4.39 Å². The van der Waals surface area contributed by atoms with Crippen molar-refractivity contribution in [3.63, 3.8) is 0 Å². The summed E-state index contributed by atoms with van der Waals surface area (Å²) in [5.41, 5.74) is 0. The van der Waals surface area contributed by atoms with Gasteiger partial charge >= 0.3 is 0 Å². The topological polar surface area (TPSA) is 0 Å². The monoisotopic (exact) mass is 108 g/mol. The van der Waals surface area contributed by atoms with E-state index in [1.807, 2.05) is 0 Å². The number of halogens is 1. The first-order valence-corrected chi connectivity index (χ1v) is 4.40. The molecule has 0 rings (SSSR count). The zero-order valence-corrected chi connectivity index (χ0v) is 5.13. The molecule has 0 amide bonds. The second-order valence-electron chi connectivity index (χ2n) is 1.49. The zero-order valence-electron chi connectivity index (χ0n) is 4.24. The van der Waals surface area contributed by atoms with E-state index in [9.17, 15) is 4.39 Å². The normalized spacial score (nSPS) is 10.0. The molecule has 2 heteroatoms. The summed E-state index contributed by atoms with van der Waals surface area (Å²) in [5, 5.41) is 0. The molecule has 6 heavy (non-hydrogen) atoms. The molecule has 0 fully saturated rings. The van der Waals surface area contributed by atoms with Gasteiger partial charge in [0.05, 0.1) is 6.67 Å². The van der Waals surface area contributed by atoms with Gasteiger partial charge in [-0.1, -0.05) is 0 Å². The maximum absolute atomic E-state index is 11.3. The fourth-order valence-corrected chi connectivity index (χ4v) is 0.507. The molecule has 0 aromatic heterocycles. The molecule has 0 N–H and O–H groups in total. The van der Waals surface area contributed by atoms with Crippen LogP contribution in [0.1, 0.15) is 0 Å². The Labute approximate surface area is 39.5 Å². The lowest BCUT2D eigenvalue weighted by Gasteiger charge is -1.95. The fraction of sp³-hybridized carbons (Fsp3) is 1.00. The summed E-state index contributed by atoms with van der Waals surface area (Å²) in [6, 6.07) is 0. The highest BCUT2D eigenvalue weighted by molar-refractivity contribution is 7.55. The highest BCUT2D eigenvalue weighted by atomic mass is 31.1. The van der Waals surface area contributed by atoms with Crippen molar-refractivity contribution in [2.75, 3.05) is 26.2 Å². The lowest BCUT2D eigenvalue weighted by Crippen LogP contribution is -1.79. The standard InChI is InChI=1S/C4H10FP/c1-6(2)4-3-5/h3-4H2,1-2H3. The molecule has 0 saturated carbocycles. The van der Waals surface area contributed by atoms with Gasteiger partial charge in [-0.05, 0) is 19.5 Å². The first-order chi connectivity index (χ1) is 2.77. The van der Waals surface area contributed by atoms with Crippen molar-refractivity contribution >= 4 is 7.92 Å². The average molecular weight is 108 g/mol. The van der Waals surface area contributed by atoms with E-state index in [0.717, 1.165) is 6.16 Å². The summed E-state index contributed by atoms with van der Waals surface area (Å²) in [7, 11) is 0.0244. The maximum Gasteiger partial charge on any atom is 0.0933 e. The molecule has 0 heterocycles. The highest BCUT2D eigenvalue weighted by Crippen LogP contribution is 2.22. The maximum atomic E-state index is 11.3. The van der Waals surface area contributed by atoms with E-state index in [4.69, 9.17) is 0 Å². The Morgan fingerprint density at radius 2 is 2.00 bits per heavy atom. The number of hydrogen-bond donors (Lipinski definition) is 0. The molecule has 0 bridgehead atoms. The van der Waals surface area contributed by atoms with Crippen LogP contribution in [-0.4, -0.2) is 26.2 Å². The van der Waals surface area contributed by atoms with E-state index in [2.05, 4.69) is 13.3 Å². The van der Waals surface area contributed by atoms with Crippen molar-refractivity contribution in [2.24, 2.45) is 0 Å². The number of hydrogen-bond acceptors (Lipinski definition) is 0. The number of rotatable bonds is 2.